The number of H-pyrrole nitrogens is 1. The van der Waals surface area contributed by atoms with Gasteiger partial charge in [-0.15, -0.1) is 0 Å². The number of benzene rings is 4. The molecule has 5 aromatic rings. The first-order chi connectivity index (χ1) is 19.0. The second kappa shape index (κ2) is 11.9. The van der Waals surface area contributed by atoms with E-state index in [9.17, 15) is 15.0 Å². The highest BCUT2D eigenvalue weighted by Crippen LogP contribution is 2.32. The number of para-hydroxylation sites is 1. The van der Waals surface area contributed by atoms with Gasteiger partial charge in [0, 0.05) is 34.9 Å². The number of rotatable bonds is 10. The largest absolute Gasteiger partial charge is 0.506 e. The Morgan fingerprint density at radius 3 is 2.54 bits per heavy atom. The lowest BCUT2D eigenvalue weighted by Gasteiger charge is -2.15. The highest BCUT2D eigenvalue weighted by atomic mass is 16.5. The molecule has 39 heavy (non-hydrogen) atoms. The first-order valence-electron chi connectivity index (χ1n) is 12.8. The third-order valence-electron chi connectivity index (χ3n) is 6.72. The molecule has 0 aliphatic heterocycles. The summed E-state index contributed by atoms with van der Waals surface area (Å²) in [6.45, 7) is 1.04. The van der Waals surface area contributed by atoms with Crippen LogP contribution >= 0.6 is 0 Å². The number of aliphatic hydroxyl groups is 1. The molecule has 0 unspecified atom stereocenters. The van der Waals surface area contributed by atoms with Crippen molar-refractivity contribution in [1.29, 1.82) is 0 Å². The molecule has 0 spiro atoms. The number of nitrogens with one attached hydrogen (secondary N) is 3. The standard InChI is InChI=1S/C32H31N3O4/c1-39-30-8-3-2-7-25(30)22-5-4-6-24(19-22)34-23-11-9-21(10-12-23)17-18-33-20-29(37)26-13-15-28(36)32-27(26)14-16-31(38)35-32/h2-16,19,29,33-34,36-37H,17-18,20H2,1H3,(H,35,38)/t29-/m0/s1. The van der Waals surface area contributed by atoms with Gasteiger partial charge in [0.05, 0.1) is 18.7 Å². The predicted molar refractivity (Wildman–Crippen MR) is 156 cm³/mol. The van der Waals surface area contributed by atoms with Crippen molar-refractivity contribution >= 4 is 22.3 Å². The highest BCUT2D eigenvalue weighted by molar-refractivity contribution is 5.87. The topological polar surface area (TPSA) is 107 Å². The molecule has 0 aliphatic carbocycles. The summed E-state index contributed by atoms with van der Waals surface area (Å²) in [6.07, 6.45) is 0.0251. The maximum Gasteiger partial charge on any atom is 0.248 e. The Labute approximate surface area is 226 Å². The van der Waals surface area contributed by atoms with E-state index in [2.05, 4.69) is 58.1 Å². The number of fused-ring (bicyclic) bond motifs is 1. The molecule has 0 fully saturated rings. The molecule has 0 radical (unpaired) electrons. The number of aliphatic hydroxyl groups excluding tert-OH is 1. The number of hydrogen-bond donors (Lipinski definition) is 5. The van der Waals surface area contributed by atoms with Gasteiger partial charge < -0.3 is 30.6 Å². The lowest BCUT2D eigenvalue weighted by Crippen LogP contribution is -2.24. The van der Waals surface area contributed by atoms with Crippen molar-refractivity contribution in [2.24, 2.45) is 0 Å². The fourth-order valence-corrected chi connectivity index (χ4v) is 4.70. The SMILES string of the molecule is COc1ccccc1-c1cccc(Nc2ccc(CCNC[C@H](O)c3ccc(O)c4[nH]c(=O)ccc34)cc2)c1. The van der Waals surface area contributed by atoms with E-state index in [-0.39, 0.29) is 11.3 Å². The first kappa shape index (κ1) is 26.0. The lowest BCUT2D eigenvalue weighted by molar-refractivity contribution is 0.176. The second-order valence-electron chi connectivity index (χ2n) is 9.36. The summed E-state index contributed by atoms with van der Waals surface area (Å²) in [4.78, 5) is 14.2. The van der Waals surface area contributed by atoms with Crippen LogP contribution in [0.3, 0.4) is 0 Å². The number of aromatic amines is 1. The fraction of sp³-hybridized carbons (Fsp3) is 0.156. The molecule has 198 valence electrons. The number of phenols is 1. The van der Waals surface area contributed by atoms with Gasteiger partial charge in [0.25, 0.3) is 0 Å². The molecule has 7 heteroatoms. The Balaban J connectivity index is 1.15. The number of hydrogen-bond acceptors (Lipinski definition) is 6. The zero-order valence-corrected chi connectivity index (χ0v) is 21.6. The van der Waals surface area contributed by atoms with Crippen molar-refractivity contribution in [3.63, 3.8) is 0 Å². The molecule has 1 aromatic heterocycles. The maximum atomic E-state index is 11.6. The van der Waals surface area contributed by atoms with Crippen LogP contribution in [0.1, 0.15) is 17.2 Å². The van der Waals surface area contributed by atoms with Gasteiger partial charge in [0.2, 0.25) is 5.56 Å². The Morgan fingerprint density at radius 2 is 1.72 bits per heavy atom. The number of anilines is 2. The van der Waals surface area contributed by atoms with Gasteiger partial charge in [-0.3, -0.25) is 4.79 Å². The van der Waals surface area contributed by atoms with Crippen LogP contribution in [0, 0.1) is 0 Å². The van der Waals surface area contributed by atoms with Gasteiger partial charge in [-0.1, -0.05) is 48.5 Å². The van der Waals surface area contributed by atoms with E-state index in [1.54, 1.807) is 19.2 Å². The number of aromatic hydroxyl groups is 1. The third-order valence-corrected chi connectivity index (χ3v) is 6.72. The molecular formula is C32H31N3O4. The van der Waals surface area contributed by atoms with Gasteiger partial charge in [-0.05, 0) is 72.1 Å². The zero-order chi connectivity index (χ0) is 27.2. The molecule has 4 aromatic carbocycles. The minimum Gasteiger partial charge on any atom is -0.506 e. The number of pyridine rings is 1. The summed E-state index contributed by atoms with van der Waals surface area (Å²) in [5, 5.41) is 28.2. The lowest BCUT2D eigenvalue weighted by atomic mass is 10.0. The van der Waals surface area contributed by atoms with Crippen molar-refractivity contribution in [3.8, 4) is 22.6 Å². The molecule has 0 aliphatic rings. The molecule has 1 heterocycles. The number of aromatic nitrogens is 1. The molecule has 0 saturated carbocycles. The van der Waals surface area contributed by atoms with Crippen molar-refractivity contribution < 1.29 is 14.9 Å². The Hall–Kier alpha value is -4.59. The van der Waals surface area contributed by atoms with E-state index in [0.717, 1.165) is 34.7 Å². The summed E-state index contributed by atoms with van der Waals surface area (Å²) < 4.78 is 5.51. The van der Waals surface area contributed by atoms with E-state index in [1.165, 1.54) is 17.7 Å². The zero-order valence-electron chi connectivity index (χ0n) is 21.6. The normalized spacial score (nSPS) is 11.8. The van der Waals surface area contributed by atoms with Gasteiger partial charge in [0.15, 0.2) is 0 Å². The van der Waals surface area contributed by atoms with Crippen LogP contribution in [-0.2, 0) is 6.42 Å². The molecule has 0 saturated heterocycles. The maximum absolute atomic E-state index is 11.6. The van der Waals surface area contributed by atoms with Gasteiger partial charge >= 0.3 is 0 Å². The van der Waals surface area contributed by atoms with Crippen LogP contribution in [0.2, 0.25) is 0 Å². The fourth-order valence-electron chi connectivity index (χ4n) is 4.70. The van der Waals surface area contributed by atoms with Crippen LogP contribution in [0.25, 0.3) is 22.0 Å². The predicted octanol–water partition coefficient (Wildman–Crippen LogP) is 5.52. The van der Waals surface area contributed by atoms with Crippen molar-refractivity contribution in [2.75, 3.05) is 25.5 Å². The third kappa shape index (κ3) is 6.12. The molecule has 7 nitrogen and oxygen atoms in total. The quantitative estimate of drug-likeness (QED) is 0.155. The van der Waals surface area contributed by atoms with Crippen LogP contribution < -0.4 is 20.9 Å². The van der Waals surface area contributed by atoms with Crippen LogP contribution in [0.5, 0.6) is 11.5 Å². The molecular weight excluding hydrogens is 490 g/mol. The molecule has 5 N–H and O–H groups in total. The van der Waals surface area contributed by atoms with Crippen molar-refractivity contribution in [1.82, 2.24) is 10.3 Å². The van der Waals surface area contributed by atoms with Crippen molar-refractivity contribution in [3.05, 3.63) is 119 Å². The summed E-state index contributed by atoms with van der Waals surface area (Å²) in [7, 11) is 1.68. The molecule has 0 amide bonds. The molecule has 1 atom stereocenters. The van der Waals surface area contributed by atoms with Gasteiger partial charge in [-0.25, -0.2) is 0 Å². The van der Waals surface area contributed by atoms with E-state index in [4.69, 9.17) is 4.74 Å². The Kier molecular flexibility index (Phi) is 7.91. The van der Waals surface area contributed by atoms with Crippen LogP contribution in [0.4, 0.5) is 11.4 Å². The van der Waals surface area contributed by atoms with E-state index < -0.39 is 6.10 Å². The molecule has 5 rings (SSSR count). The number of methoxy groups -OCH3 is 1. The second-order valence-corrected chi connectivity index (χ2v) is 9.36. The summed E-state index contributed by atoms with van der Waals surface area (Å²) in [5.74, 6) is 0.821. The summed E-state index contributed by atoms with van der Waals surface area (Å²) in [6, 6.07) is 30.7. The van der Waals surface area contributed by atoms with Gasteiger partial charge in [0.1, 0.15) is 11.5 Å². The van der Waals surface area contributed by atoms with Crippen LogP contribution in [0.15, 0.2) is 102 Å². The van der Waals surface area contributed by atoms with E-state index >= 15 is 0 Å². The monoisotopic (exact) mass is 521 g/mol. The smallest absolute Gasteiger partial charge is 0.248 e. The van der Waals surface area contributed by atoms with E-state index in [0.29, 0.717) is 29.6 Å². The average Bonchev–Trinajstić information content (AvgIpc) is 2.96. The minimum absolute atomic E-state index is 0.0197. The Morgan fingerprint density at radius 1 is 0.897 bits per heavy atom. The average molecular weight is 522 g/mol. The number of ether oxygens (including phenoxy) is 1. The number of phenolic OH excluding ortho intramolecular Hbond substituents is 1. The molecule has 0 bridgehead atoms. The Bertz CT molecular complexity index is 1630. The highest BCUT2D eigenvalue weighted by Gasteiger charge is 2.14. The van der Waals surface area contributed by atoms with Crippen LogP contribution in [-0.4, -0.2) is 35.4 Å². The van der Waals surface area contributed by atoms with Gasteiger partial charge in [-0.2, -0.15) is 0 Å². The summed E-state index contributed by atoms with van der Waals surface area (Å²) >= 11 is 0. The summed E-state index contributed by atoms with van der Waals surface area (Å²) in [5.41, 5.74) is 5.98. The first-order valence-corrected chi connectivity index (χ1v) is 12.8. The van der Waals surface area contributed by atoms with Crippen molar-refractivity contribution in [2.45, 2.75) is 12.5 Å². The minimum atomic E-state index is -0.780. The van der Waals surface area contributed by atoms with E-state index in [1.807, 2.05) is 30.3 Å².